The zero-order chi connectivity index (χ0) is 25.9. The summed E-state index contributed by atoms with van der Waals surface area (Å²) in [5.74, 6) is 2.23. The molecule has 0 spiro atoms. The van der Waals surface area contributed by atoms with Crippen LogP contribution in [-0.2, 0) is 24.8 Å². The highest BCUT2D eigenvalue weighted by Gasteiger charge is 2.22. The van der Waals surface area contributed by atoms with Gasteiger partial charge in [0.05, 0.1) is 19.8 Å². The van der Waals surface area contributed by atoms with Crippen molar-refractivity contribution in [3.63, 3.8) is 0 Å². The van der Waals surface area contributed by atoms with Gasteiger partial charge in [-0.3, -0.25) is 0 Å². The van der Waals surface area contributed by atoms with Crippen LogP contribution in [0.2, 0.25) is 0 Å². The summed E-state index contributed by atoms with van der Waals surface area (Å²) in [6, 6.07) is 6.64. The van der Waals surface area contributed by atoms with Crippen molar-refractivity contribution in [1.29, 1.82) is 0 Å². The second kappa shape index (κ2) is 14.9. The molecular weight excluding hydrogens is 526 g/mol. The van der Waals surface area contributed by atoms with Gasteiger partial charge in [0.15, 0.2) is 0 Å². The van der Waals surface area contributed by atoms with Crippen LogP contribution in [0.1, 0.15) is 87.5 Å². The van der Waals surface area contributed by atoms with Crippen molar-refractivity contribution in [2.75, 3.05) is 13.2 Å². The predicted octanol–water partition coefficient (Wildman–Crippen LogP) is 8.30. The van der Waals surface area contributed by atoms with Crippen LogP contribution in [0.5, 0.6) is 11.5 Å². The zero-order valence-electron chi connectivity index (χ0n) is 21.8. The van der Waals surface area contributed by atoms with Gasteiger partial charge in [-0.1, -0.05) is 68.3 Å². The van der Waals surface area contributed by atoms with Gasteiger partial charge in [0.25, 0.3) is 0 Å². The standard InChI is InChI=1S/C15H20BrFO.C15H21FO2/c1-2-3-4-5-11-6-12-7-14(17)13(9-16)8-15(12)18-10-11;1-2-3-4-5-11-6-12-7-14(16)13(9-17)8-15(12)18-10-11/h7-8,11H,2-6,9-10H2,1H3;7-8,11,17H,2-6,9-10H2,1H3. The molecule has 0 fully saturated rings. The molecule has 2 atom stereocenters. The minimum absolute atomic E-state index is 0.122. The molecule has 4 rings (SSSR count). The lowest BCUT2D eigenvalue weighted by atomic mass is 9.91. The lowest BCUT2D eigenvalue weighted by Crippen LogP contribution is -2.21. The van der Waals surface area contributed by atoms with Crippen molar-refractivity contribution in [2.45, 2.75) is 90.0 Å². The summed E-state index contributed by atoms with van der Waals surface area (Å²) in [5.41, 5.74) is 2.97. The highest BCUT2D eigenvalue weighted by atomic mass is 79.9. The average molecular weight is 568 g/mol. The van der Waals surface area contributed by atoms with Crippen LogP contribution in [-0.4, -0.2) is 18.3 Å². The van der Waals surface area contributed by atoms with Crippen molar-refractivity contribution < 1.29 is 23.4 Å². The molecule has 0 bridgehead atoms. The first kappa shape index (κ1) is 28.9. The Bertz CT molecular complexity index is 888. The highest BCUT2D eigenvalue weighted by Crippen LogP contribution is 2.33. The molecule has 2 aromatic rings. The minimum Gasteiger partial charge on any atom is -0.493 e. The van der Waals surface area contributed by atoms with E-state index in [0.29, 0.717) is 34.9 Å². The Morgan fingerprint density at radius 1 is 0.778 bits per heavy atom. The number of hydrogen-bond donors (Lipinski definition) is 1. The van der Waals surface area contributed by atoms with E-state index in [9.17, 15) is 8.78 Å². The summed E-state index contributed by atoms with van der Waals surface area (Å²) in [5, 5.41) is 9.56. The second-order valence-corrected chi connectivity index (χ2v) is 10.7. The Morgan fingerprint density at radius 3 is 1.69 bits per heavy atom. The molecule has 2 aliphatic rings. The Labute approximate surface area is 223 Å². The Balaban J connectivity index is 0.000000201. The van der Waals surface area contributed by atoms with Crippen LogP contribution < -0.4 is 9.47 Å². The zero-order valence-corrected chi connectivity index (χ0v) is 23.3. The van der Waals surface area contributed by atoms with Crippen LogP contribution in [0.3, 0.4) is 0 Å². The molecule has 0 amide bonds. The van der Waals surface area contributed by atoms with E-state index in [0.717, 1.165) is 48.5 Å². The van der Waals surface area contributed by atoms with E-state index in [1.165, 1.54) is 51.0 Å². The van der Waals surface area contributed by atoms with Gasteiger partial charge in [0.1, 0.15) is 23.1 Å². The number of alkyl halides is 1. The number of ether oxygens (including phenoxy) is 2. The van der Waals surface area contributed by atoms with Crippen molar-refractivity contribution in [3.05, 3.63) is 58.2 Å². The van der Waals surface area contributed by atoms with E-state index >= 15 is 0 Å². The molecule has 2 aromatic carbocycles. The molecule has 200 valence electrons. The van der Waals surface area contributed by atoms with Crippen LogP contribution in [0.25, 0.3) is 0 Å². The third-order valence-corrected chi connectivity index (χ3v) is 7.78. The van der Waals surface area contributed by atoms with Gasteiger partial charge in [-0.25, -0.2) is 8.78 Å². The molecule has 36 heavy (non-hydrogen) atoms. The molecule has 2 heterocycles. The second-order valence-electron chi connectivity index (χ2n) is 10.1. The van der Waals surface area contributed by atoms with Crippen molar-refractivity contribution in [1.82, 2.24) is 0 Å². The molecule has 0 saturated heterocycles. The molecular formula is C30H41BrF2O3. The van der Waals surface area contributed by atoms with Crippen LogP contribution in [0.4, 0.5) is 8.78 Å². The number of rotatable bonds is 10. The first-order valence-corrected chi connectivity index (χ1v) is 14.7. The molecule has 2 unspecified atom stereocenters. The maximum atomic E-state index is 13.7. The summed E-state index contributed by atoms with van der Waals surface area (Å²) in [6.07, 6.45) is 11.7. The van der Waals surface area contributed by atoms with Gasteiger partial charge in [0, 0.05) is 16.5 Å². The molecule has 3 nitrogen and oxygen atoms in total. The Morgan fingerprint density at radius 2 is 1.25 bits per heavy atom. The lowest BCUT2D eigenvalue weighted by molar-refractivity contribution is 0.209. The summed E-state index contributed by atoms with van der Waals surface area (Å²) >= 11 is 3.29. The molecule has 0 radical (unpaired) electrons. The first-order valence-electron chi connectivity index (χ1n) is 13.5. The van der Waals surface area contributed by atoms with E-state index in [1.54, 1.807) is 12.1 Å². The van der Waals surface area contributed by atoms with Gasteiger partial charge < -0.3 is 14.6 Å². The number of aliphatic hydroxyl groups excluding tert-OH is 1. The maximum Gasteiger partial charge on any atom is 0.129 e. The molecule has 0 aromatic heterocycles. The number of unbranched alkanes of at least 4 members (excludes halogenated alkanes) is 4. The van der Waals surface area contributed by atoms with E-state index in [1.807, 2.05) is 6.07 Å². The molecule has 1 N–H and O–H groups in total. The van der Waals surface area contributed by atoms with Crippen molar-refractivity contribution in [3.8, 4) is 11.5 Å². The number of halogens is 3. The fraction of sp³-hybridized carbons (Fsp3) is 0.600. The molecule has 2 aliphatic heterocycles. The molecule has 0 aliphatic carbocycles. The highest BCUT2D eigenvalue weighted by molar-refractivity contribution is 9.08. The topological polar surface area (TPSA) is 38.7 Å². The lowest BCUT2D eigenvalue weighted by Gasteiger charge is -2.26. The number of aliphatic hydroxyl groups is 1. The Hall–Kier alpha value is -1.66. The fourth-order valence-corrected chi connectivity index (χ4v) is 5.41. The van der Waals surface area contributed by atoms with E-state index in [4.69, 9.17) is 14.6 Å². The predicted molar refractivity (Wildman–Crippen MR) is 145 cm³/mol. The first-order chi connectivity index (χ1) is 17.5. The minimum atomic E-state index is -0.325. The van der Waals surface area contributed by atoms with Gasteiger partial charge in [-0.05, 0) is 72.9 Å². The third-order valence-electron chi connectivity index (χ3n) is 7.17. The van der Waals surface area contributed by atoms with E-state index in [2.05, 4.69) is 29.8 Å². The smallest absolute Gasteiger partial charge is 0.129 e. The quantitative estimate of drug-likeness (QED) is 0.232. The Kier molecular flexibility index (Phi) is 12.0. The monoisotopic (exact) mass is 566 g/mol. The van der Waals surface area contributed by atoms with Gasteiger partial charge in [0.2, 0.25) is 0 Å². The summed E-state index contributed by atoms with van der Waals surface area (Å²) in [4.78, 5) is 0. The number of benzene rings is 2. The van der Waals surface area contributed by atoms with Gasteiger partial charge in [-0.2, -0.15) is 0 Å². The van der Waals surface area contributed by atoms with Crippen LogP contribution in [0, 0.1) is 23.5 Å². The summed E-state index contributed by atoms with van der Waals surface area (Å²) in [6.45, 7) is 5.63. The third kappa shape index (κ3) is 8.17. The SMILES string of the molecule is CCCCCC1COc2cc(CBr)c(F)cc2C1.CCCCCC1COc2cc(CO)c(F)cc2C1. The summed E-state index contributed by atoms with van der Waals surface area (Å²) in [7, 11) is 0. The average Bonchev–Trinajstić information content (AvgIpc) is 2.88. The largest absolute Gasteiger partial charge is 0.493 e. The maximum absolute atomic E-state index is 13.7. The fourth-order valence-electron chi connectivity index (χ4n) is 4.98. The van der Waals surface area contributed by atoms with Gasteiger partial charge >= 0.3 is 0 Å². The van der Waals surface area contributed by atoms with Gasteiger partial charge in [-0.15, -0.1) is 0 Å². The van der Waals surface area contributed by atoms with Crippen molar-refractivity contribution >= 4 is 15.9 Å². The van der Waals surface area contributed by atoms with E-state index < -0.39 is 0 Å². The van der Waals surface area contributed by atoms with Crippen LogP contribution in [0.15, 0.2) is 24.3 Å². The van der Waals surface area contributed by atoms with Crippen LogP contribution >= 0.6 is 15.9 Å². The van der Waals surface area contributed by atoms with Crippen molar-refractivity contribution in [2.24, 2.45) is 11.8 Å². The van der Waals surface area contributed by atoms with E-state index in [-0.39, 0.29) is 18.2 Å². The molecule has 6 heteroatoms. The normalized spacial score (nSPS) is 18.3. The number of hydrogen-bond acceptors (Lipinski definition) is 3. The summed E-state index contributed by atoms with van der Waals surface area (Å²) < 4.78 is 38.8. The molecule has 0 saturated carbocycles. The number of fused-ring (bicyclic) bond motifs is 2.